The van der Waals surface area contributed by atoms with E-state index in [1.807, 2.05) is 17.2 Å². The molecule has 0 unspecified atom stereocenters. The van der Waals surface area contributed by atoms with Crippen molar-refractivity contribution in [2.24, 2.45) is 0 Å². The Balaban J connectivity index is 0. The van der Waals surface area contributed by atoms with Gasteiger partial charge in [-0.15, -0.1) is 0 Å². The van der Waals surface area contributed by atoms with E-state index in [0.29, 0.717) is 0 Å². The fraction of sp³-hybridized carbons (Fsp3) is 0. The molecular formula is Re2S2W. The van der Waals surface area contributed by atoms with Gasteiger partial charge in [0.2, 0.25) is 0 Å². The van der Waals surface area contributed by atoms with Gasteiger partial charge in [0.15, 0.2) is 0 Å². The quantitative estimate of drug-likeness (QED) is 0.406. The first-order chi connectivity index (χ1) is 1.91. The number of hydrogen-bond donors (Lipinski definition) is 0. The van der Waals surface area contributed by atoms with Gasteiger partial charge in [0.05, 0.1) is 0 Å². The first-order valence-electron chi connectivity index (χ1n) is 0.475. The van der Waals surface area contributed by atoms with E-state index in [4.69, 9.17) is 0 Å². The molecule has 5 heavy (non-hydrogen) atoms. The van der Waals surface area contributed by atoms with Crippen molar-refractivity contribution in [3.8, 4) is 0 Å². The van der Waals surface area contributed by atoms with Gasteiger partial charge in [0, 0.05) is 21.1 Å². The Kier molecular flexibility index (Phi) is 21.0. The summed E-state index contributed by atoms with van der Waals surface area (Å²) in [6, 6.07) is 0. The molecule has 0 N–H and O–H groups in total. The van der Waals surface area contributed by atoms with Crippen LogP contribution in [0.5, 0.6) is 0 Å². The average molecular weight is 620 g/mol. The van der Waals surface area contributed by atoms with Crippen LogP contribution in [-0.2, 0) is 57.0 Å². The predicted octanol–water partition coefficient (Wildman–Crippen LogP) is 1.29. The molecule has 0 aliphatic carbocycles. The fourth-order valence-corrected chi connectivity index (χ4v) is 0. The summed E-state index contributed by atoms with van der Waals surface area (Å²) in [7, 11) is 3.71. The van der Waals surface area contributed by atoms with Crippen molar-refractivity contribution in [1.29, 1.82) is 0 Å². The second kappa shape index (κ2) is 9.86. The summed E-state index contributed by atoms with van der Waals surface area (Å²) < 4.78 is 0. The summed E-state index contributed by atoms with van der Waals surface area (Å²) in [5.74, 6) is 0. The number of hydrogen-bond acceptors (Lipinski definition) is 2. The Labute approximate surface area is 73.0 Å². The molecule has 0 amide bonds. The molecule has 5 heteroatoms. The topological polar surface area (TPSA) is 0 Å². The molecule has 0 heterocycles. The summed E-state index contributed by atoms with van der Waals surface area (Å²) in [5, 5.41) is 0. The van der Waals surface area contributed by atoms with Crippen molar-refractivity contribution in [2.45, 2.75) is 0 Å². The van der Waals surface area contributed by atoms with Gasteiger partial charge in [-0.3, -0.25) is 0 Å². The largest absolute Gasteiger partial charge is 0 e. The fourth-order valence-electron chi connectivity index (χ4n) is 0. The van der Waals surface area contributed by atoms with Crippen molar-refractivity contribution < 1.29 is 57.0 Å². The smallest absolute Gasteiger partial charge is 0 e. The van der Waals surface area contributed by atoms with E-state index in [0.717, 1.165) is 0 Å². The Bertz CT molecular complexity index is 9.61. The predicted molar refractivity (Wildman–Crippen MR) is 15.2 cm³/mol. The molecule has 0 aliphatic rings. The summed E-state index contributed by atoms with van der Waals surface area (Å²) in [6.07, 6.45) is 0. The Morgan fingerprint density at radius 1 is 1.00 bits per heavy atom. The van der Waals surface area contributed by atoms with Gasteiger partial charge in [-0.05, 0) is 0 Å². The molecule has 0 aliphatic heterocycles. The minimum Gasteiger partial charge on any atom is 0 e. The zero-order valence-electron chi connectivity index (χ0n) is 1.98. The van der Waals surface area contributed by atoms with E-state index in [-0.39, 0.29) is 21.1 Å². The van der Waals surface area contributed by atoms with E-state index >= 15 is 0 Å². The second-order valence-electron chi connectivity index (χ2n) is 0.126. The third kappa shape index (κ3) is 10.8. The summed E-state index contributed by atoms with van der Waals surface area (Å²) in [6.45, 7) is 0. The normalized spacial score (nSPS) is 6.00. The van der Waals surface area contributed by atoms with Crippen molar-refractivity contribution in [3.05, 3.63) is 0 Å². The Morgan fingerprint density at radius 3 is 1.20 bits per heavy atom. The van der Waals surface area contributed by atoms with E-state index in [1.54, 1.807) is 35.9 Å². The van der Waals surface area contributed by atoms with E-state index in [2.05, 4.69) is 0 Å². The molecule has 0 radical (unpaired) electrons. The summed E-state index contributed by atoms with van der Waals surface area (Å²) in [5.41, 5.74) is 0. The Hall–Kier alpha value is 2.71. The first-order valence-corrected chi connectivity index (χ1v) is 9.08. The Morgan fingerprint density at radius 2 is 1.20 bits per heavy atom. The average Bonchev–Trinajstić information content (AvgIpc) is 1.37. The molecule has 0 aromatic rings. The van der Waals surface area contributed by atoms with Crippen LogP contribution in [0.3, 0.4) is 0 Å². The van der Waals surface area contributed by atoms with Crippen LogP contribution in [0.1, 0.15) is 0 Å². The zero-order valence-corrected chi connectivity index (χ0v) is 12.0. The van der Waals surface area contributed by atoms with Gasteiger partial charge in [-0.2, -0.15) is 0 Å². The van der Waals surface area contributed by atoms with Gasteiger partial charge in [0.1, 0.15) is 0 Å². The molecular weight excluding hydrogens is 620 g/mol. The van der Waals surface area contributed by atoms with Gasteiger partial charge in [-0.1, -0.05) is 0 Å². The minimum atomic E-state index is 0. The molecule has 0 aromatic heterocycles. The summed E-state index contributed by atoms with van der Waals surface area (Å²) in [4.78, 5) is 0. The maximum Gasteiger partial charge on any atom is 0 e. The van der Waals surface area contributed by atoms with Crippen molar-refractivity contribution >= 4 is 17.2 Å². The van der Waals surface area contributed by atoms with Crippen LogP contribution in [0.4, 0.5) is 0 Å². The van der Waals surface area contributed by atoms with Crippen LogP contribution < -0.4 is 0 Å². The van der Waals surface area contributed by atoms with Crippen LogP contribution in [0, 0.1) is 0 Å². The van der Waals surface area contributed by atoms with Gasteiger partial charge in [-0.25, -0.2) is 0 Å². The molecule has 32 valence electrons. The van der Waals surface area contributed by atoms with Gasteiger partial charge >= 0.3 is 53.1 Å². The molecule has 0 nitrogen and oxygen atoms in total. The molecule has 0 fully saturated rings. The van der Waals surface area contributed by atoms with E-state index in [1.165, 1.54) is 0 Å². The maximum absolute atomic E-state index is 1.85. The van der Waals surface area contributed by atoms with Crippen LogP contribution in [0.25, 0.3) is 0 Å². The monoisotopic (exact) mass is 622 g/mol. The molecule has 0 atom stereocenters. The molecule has 0 bridgehead atoms. The van der Waals surface area contributed by atoms with Crippen molar-refractivity contribution in [3.63, 3.8) is 0 Å². The van der Waals surface area contributed by atoms with Crippen molar-refractivity contribution in [1.82, 2.24) is 0 Å². The molecule has 0 saturated carbocycles. The molecule has 0 rings (SSSR count). The number of rotatable bonds is 1. The van der Waals surface area contributed by atoms with E-state index in [9.17, 15) is 0 Å². The van der Waals surface area contributed by atoms with Gasteiger partial charge < -0.3 is 0 Å². The second-order valence-corrected chi connectivity index (χ2v) is 9.28. The summed E-state index contributed by atoms with van der Waals surface area (Å²) >= 11 is 3.52. The first kappa shape index (κ1) is 10.6. The van der Waals surface area contributed by atoms with Crippen molar-refractivity contribution in [2.75, 3.05) is 0 Å². The van der Waals surface area contributed by atoms with Crippen LogP contribution in [-0.4, -0.2) is 0 Å². The van der Waals surface area contributed by atoms with Gasteiger partial charge in [0.25, 0.3) is 0 Å². The van der Waals surface area contributed by atoms with Crippen LogP contribution in [0.2, 0.25) is 0 Å². The zero-order chi connectivity index (χ0) is 3.41. The third-order valence-corrected chi connectivity index (χ3v) is 14.4. The molecule has 0 aromatic carbocycles. The minimum absolute atomic E-state index is 0. The van der Waals surface area contributed by atoms with Crippen LogP contribution in [0.15, 0.2) is 0 Å². The maximum atomic E-state index is 1.85. The standard InChI is InChI=1S/2Re.S2.W/c;;1-2;/q2*+1;-2;. The SMILES string of the molecule is [Re][S][S][Re].[W]. The third-order valence-electron chi connectivity index (χ3n) is 0.0238. The molecule has 0 spiro atoms. The van der Waals surface area contributed by atoms with E-state index < -0.39 is 0 Å². The molecule has 0 saturated heterocycles. The van der Waals surface area contributed by atoms with Crippen LogP contribution >= 0.6 is 17.2 Å².